The minimum absolute atomic E-state index is 0.100. The topological polar surface area (TPSA) is 95.5 Å². The van der Waals surface area contributed by atoms with Gasteiger partial charge in [0, 0.05) is 24.9 Å². The molecule has 2 rings (SSSR count). The molecule has 1 aliphatic rings. The van der Waals surface area contributed by atoms with Crippen molar-refractivity contribution in [1.82, 2.24) is 14.5 Å². The Morgan fingerprint density at radius 2 is 2.33 bits per heavy atom. The number of hydrogen-bond donors (Lipinski definition) is 2. The second-order valence-corrected chi connectivity index (χ2v) is 6.24. The van der Waals surface area contributed by atoms with Crippen LogP contribution < -0.4 is 0 Å². The molecule has 1 saturated heterocycles. The smallest absolute Gasteiger partial charge is 0.262 e. The summed E-state index contributed by atoms with van der Waals surface area (Å²) in [6.07, 6.45) is 0.674. The molecule has 0 aliphatic carbocycles. The van der Waals surface area contributed by atoms with Crippen LogP contribution in [0.15, 0.2) is 5.03 Å². The van der Waals surface area contributed by atoms with E-state index in [2.05, 4.69) is 10.2 Å². The van der Waals surface area contributed by atoms with Crippen LogP contribution in [-0.2, 0) is 21.4 Å². The summed E-state index contributed by atoms with van der Waals surface area (Å²) in [7, 11) is -2.18. The van der Waals surface area contributed by atoms with Crippen LogP contribution in [0.4, 0.5) is 0 Å². The van der Waals surface area contributed by atoms with Crippen molar-refractivity contribution in [3.8, 4) is 0 Å². The van der Waals surface area contributed by atoms with Gasteiger partial charge >= 0.3 is 0 Å². The minimum atomic E-state index is -3.69. The number of sulfonamides is 1. The number of aryl methyl sites for hydroxylation is 1. The molecule has 1 aromatic heterocycles. The molecular formula is C10H17N3O4S. The van der Waals surface area contributed by atoms with E-state index < -0.39 is 10.0 Å². The van der Waals surface area contributed by atoms with Gasteiger partial charge in [-0.1, -0.05) is 0 Å². The van der Waals surface area contributed by atoms with Crippen molar-refractivity contribution < 1.29 is 18.3 Å². The fourth-order valence-corrected chi connectivity index (χ4v) is 3.49. The summed E-state index contributed by atoms with van der Waals surface area (Å²) >= 11 is 0. The Bertz CT molecular complexity index is 519. The van der Waals surface area contributed by atoms with Gasteiger partial charge in [-0.25, -0.2) is 8.42 Å². The predicted octanol–water partition coefficient (Wildman–Crippen LogP) is -0.380. The number of nitrogens with zero attached hydrogens (tertiary/aromatic N) is 2. The molecule has 18 heavy (non-hydrogen) atoms. The number of aromatic amines is 1. The van der Waals surface area contributed by atoms with Crippen LogP contribution in [0.1, 0.15) is 17.7 Å². The van der Waals surface area contributed by atoms with E-state index in [0.29, 0.717) is 30.9 Å². The lowest BCUT2D eigenvalue weighted by Crippen LogP contribution is -2.37. The molecule has 0 radical (unpaired) electrons. The average Bonchev–Trinajstić information content (AvgIpc) is 2.96. The van der Waals surface area contributed by atoms with E-state index in [1.54, 1.807) is 6.92 Å². The highest BCUT2D eigenvalue weighted by Gasteiger charge is 2.34. The summed E-state index contributed by atoms with van der Waals surface area (Å²) in [5.74, 6) is 0. The minimum Gasteiger partial charge on any atom is -0.392 e. The van der Waals surface area contributed by atoms with Gasteiger partial charge in [-0.05, 0) is 13.3 Å². The molecule has 0 saturated carbocycles. The maximum Gasteiger partial charge on any atom is 0.262 e. The van der Waals surface area contributed by atoms with E-state index in [0.717, 1.165) is 0 Å². The number of H-pyrrole nitrogens is 1. The number of rotatable bonds is 4. The summed E-state index contributed by atoms with van der Waals surface area (Å²) in [5, 5.41) is 15.5. The first-order chi connectivity index (χ1) is 8.48. The van der Waals surface area contributed by atoms with Gasteiger partial charge in [0.05, 0.1) is 19.3 Å². The Labute approximate surface area is 106 Å². The zero-order chi connectivity index (χ0) is 13.3. The zero-order valence-electron chi connectivity index (χ0n) is 10.4. The highest BCUT2D eigenvalue weighted by molar-refractivity contribution is 7.89. The van der Waals surface area contributed by atoms with E-state index >= 15 is 0 Å². The molecule has 0 aromatic carbocycles. The first-order valence-corrected chi connectivity index (χ1v) is 7.13. The number of ether oxygens (including phenoxy) is 1. The summed E-state index contributed by atoms with van der Waals surface area (Å²) in [6.45, 7) is 2.28. The predicted molar refractivity (Wildman–Crippen MR) is 63.4 cm³/mol. The fourth-order valence-electron chi connectivity index (χ4n) is 1.97. The first-order valence-electron chi connectivity index (χ1n) is 5.69. The summed E-state index contributed by atoms with van der Waals surface area (Å²) in [5.41, 5.74) is 0.882. The van der Waals surface area contributed by atoms with Gasteiger partial charge in [-0.15, -0.1) is 0 Å². The number of aliphatic hydroxyl groups excluding tert-OH is 1. The largest absolute Gasteiger partial charge is 0.392 e. The molecule has 2 heterocycles. The average molecular weight is 275 g/mol. The second kappa shape index (κ2) is 4.96. The fraction of sp³-hybridized carbons (Fsp3) is 0.700. The Morgan fingerprint density at radius 1 is 1.61 bits per heavy atom. The van der Waals surface area contributed by atoms with Crippen molar-refractivity contribution in [2.75, 3.05) is 20.3 Å². The Kier molecular flexibility index (Phi) is 3.71. The Hall–Kier alpha value is -0.960. The van der Waals surface area contributed by atoms with E-state index in [4.69, 9.17) is 4.74 Å². The van der Waals surface area contributed by atoms with E-state index in [1.165, 1.54) is 11.4 Å². The van der Waals surface area contributed by atoms with Crippen molar-refractivity contribution in [3.63, 3.8) is 0 Å². The van der Waals surface area contributed by atoms with Gasteiger partial charge in [0.2, 0.25) is 0 Å². The van der Waals surface area contributed by atoms with Gasteiger partial charge in [-0.3, -0.25) is 5.10 Å². The molecule has 0 spiro atoms. The summed E-state index contributed by atoms with van der Waals surface area (Å²) in [6, 6.07) is -0.168. The second-order valence-electron chi connectivity index (χ2n) is 4.33. The molecule has 1 fully saturated rings. The van der Waals surface area contributed by atoms with Gasteiger partial charge in [-0.2, -0.15) is 9.40 Å². The van der Waals surface area contributed by atoms with Crippen LogP contribution in [-0.4, -0.2) is 54.3 Å². The quantitative estimate of drug-likeness (QED) is 0.781. The highest BCUT2D eigenvalue weighted by atomic mass is 32.2. The maximum atomic E-state index is 12.4. The molecule has 8 heteroatoms. The SMILES string of the molecule is Cc1[nH]nc(S(=O)(=O)N(C)C2CCOC2)c1CO. The van der Waals surface area contributed by atoms with Crippen molar-refractivity contribution in [1.29, 1.82) is 0 Å². The van der Waals surface area contributed by atoms with Gasteiger partial charge in [0.15, 0.2) is 5.03 Å². The lowest BCUT2D eigenvalue weighted by molar-refractivity contribution is 0.180. The summed E-state index contributed by atoms with van der Waals surface area (Å²) < 4.78 is 31.2. The zero-order valence-corrected chi connectivity index (χ0v) is 11.2. The van der Waals surface area contributed by atoms with E-state index in [-0.39, 0.29) is 17.7 Å². The molecule has 1 atom stereocenters. The third kappa shape index (κ3) is 2.16. The molecule has 0 bridgehead atoms. The van der Waals surface area contributed by atoms with Crippen LogP contribution in [0.3, 0.4) is 0 Å². The Morgan fingerprint density at radius 3 is 2.89 bits per heavy atom. The van der Waals surface area contributed by atoms with Crippen LogP contribution in [0.2, 0.25) is 0 Å². The van der Waals surface area contributed by atoms with Crippen LogP contribution in [0.5, 0.6) is 0 Å². The van der Waals surface area contributed by atoms with Gasteiger partial charge in [0.25, 0.3) is 10.0 Å². The maximum absolute atomic E-state index is 12.4. The number of hydrogen-bond acceptors (Lipinski definition) is 5. The molecule has 1 unspecified atom stereocenters. The lowest BCUT2D eigenvalue weighted by atomic mass is 10.3. The van der Waals surface area contributed by atoms with Gasteiger partial charge < -0.3 is 9.84 Å². The van der Waals surface area contributed by atoms with Crippen LogP contribution >= 0.6 is 0 Å². The standard InChI is InChI=1S/C10H17N3O4S/c1-7-9(5-14)10(12-11-7)18(15,16)13(2)8-3-4-17-6-8/h8,14H,3-6H2,1-2H3,(H,11,12). The Balaban J connectivity index is 2.35. The van der Waals surface area contributed by atoms with Crippen molar-refractivity contribution >= 4 is 10.0 Å². The molecular weight excluding hydrogens is 258 g/mol. The van der Waals surface area contributed by atoms with Crippen molar-refractivity contribution in [2.24, 2.45) is 0 Å². The number of nitrogens with one attached hydrogen (secondary N) is 1. The first kappa shape index (κ1) is 13.5. The van der Waals surface area contributed by atoms with Crippen molar-refractivity contribution in [2.45, 2.75) is 31.0 Å². The van der Waals surface area contributed by atoms with E-state index in [1.807, 2.05) is 0 Å². The third-order valence-electron chi connectivity index (χ3n) is 3.24. The molecule has 102 valence electrons. The summed E-state index contributed by atoms with van der Waals surface area (Å²) in [4.78, 5) is 0. The third-order valence-corrected chi connectivity index (χ3v) is 5.12. The number of aromatic nitrogens is 2. The molecule has 0 amide bonds. The van der Waals surface area contributed by atoms with Crippen LogP contribution in [0.25, 0.3) is 0 Å². The molecule has 7 nitrogen and oxygen atoms in total. The highest BCUT2D eigenvalue weighted by Crippen LogP contribution is 2.23. The monoisotopic (exact) mass is 275 g/mol. The number of likely N-dealkylation sites (N-methyl/N-ethyl adjacent to an activating group) is 1. The lowest BCUT2D eigenvalue weighted by Gasteiger charge is -2.21. The molecule has 1 aromatic rings. The van der Waals surface area contributed by atoms with Gasteiger partial charge in [0.1, 0.15) is 0 Å². The van der Waals surface area contributed by atoms with E-state index in [9.17, 15) is 13.5 Å². The molecule has 1 aliphatic heterocycles. The molecule has 2 N–H and O–H groups in total. The van der Waals surface area contributed by atoms with Crippen LogP contribution in [0, 0.1) is 6.92 Å². The normalized spacial score (nSPS) is 20.8. The van der Waals surface area contributed by atoms with Crippen molar-refractivity contribution in [3.05, 3.63) is 11.3 Å². The number of aliphatic hydroxyl groups is 1.